The van der Waals surface area contributed by atoms with E-state index in [0.717, 1.165) is 135 Å². The lowest BCUT2D eigenvalue weighted by Gasteiger charge is -2.18. The lowest BCUT2D eigenvalue weighted by atomic mass is 10.1. The highest BCUT2D eigenvalue weighted by molar-refractivity contribution is 5.71. The van der Waals surface area contributed by atoms with Crippen LogP contribution in [-0.2, 0) is 28.6 Å². The number of carbonyl (C=O) groups excluding carboxylic acids is 3. The van der Waals surface area contributed by atoms with Crippen molar-refractivity contribution in [1.29, 1.82) is 0 Å². The van der Waals surface area contributed by atoms with Gasteiger partial charge in [-0.2, -0.15) is 0 Å². The summed E-state index contributed by atoms with van der Waals surface area (Å²) in [5.74, 6) is -0.912. The Morgan fingerprint density at radius 1 is 0.273 bits per heavy atom. The molecule has 0 rings (SSSR count). The highest BCUT2D eigenvalue weighted by Crippen LogP contribution is 2.15. The molecule has 6 nitrogen and oxygen atoms in total. The number of allylic oxidation sites excluding steroid dienone is 22. The normalized spacial score (nSPS) is 13.0. The van der Waals surface area contributed by atoms with Gasteiger partial charge < -0.3 is 14.2 Å². The quantitative estimate of drug-likeness (QED) is 0.0261. The molecular weight excluding hydrogens is 949 g/mol. The Balaban J connectivity index is 4.16. The highest BCUT2D eigenvalue weighted by Gasteiger charge is 2.19. The number of unbranched alkanes of at least 4 members (excludes halogenated alkanes) is 23. The van der Waals surface area contributed by atoms with E-state index in [-0.39, 0.29) is 31.1 Å². The van der Waals surface area contributed by atoms with E-state index in [1.54, 1.807) is 0 Å². The number of esters is 3. The summed E-state index contributed by atoms with van der Waals surface area (Å²) < 4.78 is 16.8. The van der Waals surface area contributed by atoms with Gasteiger partial charge in [-0.15, -0.1) is 0 Å². The third-order valence-corrected chi connectivity index (χ3v) is 13.1. The summed E-state index contributed by atoms with van der Waals surface area (Å²) in [5.41, 5.74) is 0. The molecule has 0 radical (unpaired) electrons. The summed E-state index contributed by atoms with van der Waals surface area (Å²) in [6.45, 7) is 6.44. The van der Waals surface area contributed by atoms with Gasteiger partial charge in [0.05, 0.1) is 0 Å². The van der Waals surface area contributed by atoms with Gasteiger partial charge in [0.15, 0.2) is 6.10 Å². The molecule has 0 aliphatic heterocycles. The SMILES string of the molecule is CC/C=C\C/C=C\C/C=C\C/C=C\C/C=C\C/C=C\C/C=C\C/C=C\C/C=C\CCCCCCCCCC(=O)OCC(COC(=O)CCCCCCCCC)OC(=O)CCCCCCCCC/C=C\C/C=C\CCCCC. The Labute approximate surface area is 475 Å². The van der Waals surface area contributed by atoms with E-state index >= 15 is 0 Å². The third kappa shape index (κ3) is 62.3. The predicted octanol–water partition coefficient (Wildman–Crippen LogP) is 21.8. The Bertz CT molecular complexity index is 1650. The second-order valence-corrected chi connectivity index (χ2v) is 20.6. The Hall–Kier alpha value is -4.45. The molecule has 6 heteroatoms. The van der Waals surface area contributed by atoms with Crippen LogP contribution in [0, 0.1) is 0 Å². The van der Waals surface area contributed by atoms with Gasteiger partial charge in [0.25, 0.3) is 0 Å². The van der Waals surface area contributed by atoms with Crippen molar-refractivity contribution in [2.45, 2.75) is 284 Å². The molecule has 0 amide bonds. The van der Waals surface area contributed by atoms with Crippen molar-refractivity contribution < 1.29 is 28.6 Å². The van der Waals surface area contributed by atoms with Crippen molar-refractivity contribution in [2.75, 3.05) is 13.2 Å². The van der Waals surface area contributed by atoms with E-state index in [4.69, 9.17) is 14.2 Å². The molecule has 1 atom stereocenters. The molecule has 0 aromatic carbocycles. The van der Waals surface area contributed by atoms with Gasteiger partial charge in [0.1, 0.15) is 13.2 Å². The van der Waals surface area contributed by atoms with E-state index in [1.165, 1.54) is 103 Å². The van der Waals surface area contributed by atoms with Crippen LogP contribution in [0.5, 0.6) is 0 Å². The molecule has 0 fully saturated rings. The summed E-state index contributed by atoms with van der Waals surface area (Å²) in [5, 5.41) is 0. The van der Waals surface area contributed by atoms with Gasteiger partial charge in [-0.25, -0.2) is 0 Å². The maximum absolute atomic E-state index is 12.8. The van der Waals surface area contributed by atoms with Gasteiger partial charge >= 0.3 is 17.9 Å². The van der Waals surface area contributed by atoms with E-state index in [9.17, 15) is 14.4 Å². The number of rotatable bonds is 56. The number of hydrogen-bond acceptors (Lipinski definition) is 6. The van der Waals surface area contributed by atoms with Crippen LogP contribution in [0.15, 0.2) is 134 Å². The van der Waals surface area contributed by atoms with Crippen LogP contribution in [0.25, 0.3) is 0 Å². The lowest BCUT2D eigenvalue weighted by Crippen LogP contribution is -2.30. The first kappa shape index (κ1) is 72.5. The maximum Gasteiger partial charge on any atom is 0.306 e. The predicted molar refractivity (Wildman–Crippen MR) is 334 cm³/mol. The van der Waals surface area contributed by atoms with E-state index in [2.05, 4.69) is 154 Å². The standard InChI is InChI=1S/C71H116O6/c1-4-7-10-13-16-18-20-22-24-26-27-28-29-30-31-32-33-34-35-36-37-38-39-40-41-42-43-45-46-48-50-52-55-58-61-64-70(73)76-67-68(66-75-69(72)63-60-57-54-15-12-9-6-3)77-71(74)65-62-59-56-53-51-49-47-44-25-23-21-19-17-14-11-8-5-2/h7,10,16-19,22-25,27-28,30-31,33-34,36-37,39-40,42-43,68H,4-6,8-9,11-15,20-21,26,29,32,35,38,41,44-67H2,1-3H3/b10-7-,18-16-,19-17-,24-22-,25-23-,28-27-,31-30-,34-33-,37-36-,40-39-,43-42-. The van der Waals surface area contributed by atoms with Crippen molar-refractivity contribution in [3.05, 3.63) is 134 Å². The first-order chi connectivity index (χ1) is 38.0. The molecular formula is C71H116O6. The zero-order valence-electron chi connectivity index (χ0n) is 49.9. The van der Waals surface area contributed by atoms with Crippen LogP contribution in [0.4, 0.5) is 0 Å². The second-order valence-electron chi connectivity index (χ2n) is 20.6. The molecule has 1 unspecified atom stereocenters. The maximum atomic E-state index is 12.8. The minimum absolute atomic E-state index is 0.0861. The van der Waals surface area contributed by atoms with Crippen molar-refractivity contribution in [1.82, 2.24) is 0 Å². The molecule has 0 aromatic heterocycles. The largest absolute Gasteiger partial charge is 0.462 e. The smallest absolute Gasteiger partial charge is 0.306 e. The van der Waals surface area contributed by atoms with Crippen LogP contribution in [0.2, 0.25) is 0 Å². The van der Waals surface area contributed by atoms with E-state index in [0.29, 0.717) is 19.3 Å². The average Bonchev–Trinajstić information content (AvgIpc) is 3.43. The Kier molecular flexibility index (Phi) is 60.4. The summed E-state index contributed by atoms with van der Waals surface area (Å²) in [7, 11) is 0. The third-order valence-electron chi connectivity index (χ3n) is 13.1. The fourth-order valence-corrected chi connectivity index (χ4v) is 8.41. The number of ether oxygens (including phenoxy) is 3. The zero-order chi connectivity index (χ0) is 55.7. The van der Waals surface area contributed by atoms with Gasteiger partial charge in [-0.1, -0.05) is 270 Å². The molecule has 0 aliphatic carbocycles. The molecule has 0 heterocycles. The van der Waals surface area contributed by atoms with E-state index < -0.39 is 6.10 Å². The minimum atomic E-state index is -0.787. The van der Waals surface area contributed by atoms with Crippen LogP contribution >= 0.6 is 0 Å². The summed E-state index contributed by atoms with van der Waals surface area (Å²) in [4.78, 5) is 38.0. The van der Waals surface area contributed by atoms with Gasteiger partial charge in [0, 0.05) is 19.3 Å². The Morgan fingerprint density at radius 3 is 0.818 bits per heavy atom. The van der Waals surface area contributed by atoms with Crippen LogP contribution in [-0.4, -0.2) is 37.2 Å². The van der Waals surface area contributed by atoms with Gasteiger partial charge in [0.2, 0.25) is 0 Å². The first-order valence-electron chi connectivity index (χ1n) is 31.7. The number of hydrogen-bond donors (Lipinski definition) is 0. The van der Waals surface area contributed by atoms with E-state index in [1.807, 2.05) is 0 Å². The second kappa shape index (κ2) is 64.1. The molecule has 0 bridgehead atoms. The molecule has 0 aromatic rings. The average molecular weight is 1070 g/mol. The van der Waals surface area contributed by atoms with Crippen LogP contribution in [0.1, 0.15) is 278 Å². The topological polar surface area (TPSA) is 78.9 Å². The molecule has 0 saturated heterocycles. The first-order valence-corrected chi connectivity index (χ1v) is 31.7. The minimum Gasteiger partial charge on any atom is -0.462 e. The monoisotopic (exact) mass is 1060 g/mol. The summed E-state index contributed by atoms with van der Waals surface area (Å²) in [6, 6.07) is 0. The van der Waals surface area contributed by atoms with Crippen LogP contribution in [0.3, 0.4) is 0 Å². The molecule has 0 saturated carbocycles. The molecule has 0 aliphatic rings. The van der Waals surface area contributed by atoms with Gasteiger partial charge in [-0.3, -0.25) is 14.4 Å². The van der Waals surface area contributed by atoms with Crippen LogP contribution < -0.4 is 0 Å². The van der Waals surface area contributed by atoms with Gasteiger partial charge in [-0.05, 0) is 122 Å². The summed E-state index contributed by atoms with van der Waals surface area (Å²) in [6.07, 6.45) is 90.5. The fraction of sp³-hybridized carbons (Fsp3) is 0.648. The summed E-state index contributed by atoms with van der Waals surface area (Å²) >= 11 is 0. The number of carbonyl (C=O) groups is 3. The Morgan fingerprint density at radius 2 is 0.506 bits per heavy atom. The molecule has 0 spiro atoms. The van der Waals surface area contributed by atoms with Crippen molar-refractivity contribution in [2.24, 2.45) is 0 Å². The lowest BCUT2D eigenvalue weighted by molar-refractivity contribution is -0.167. The molecule has 0 N–H and O–H groups in total. The highest BCUT2D eigenvalue weighted by atomic mass is 16.6. The molecule has 436 valence electrons. The zero-order valence-corrected chi connectivity index (χ0v) is 49.9. The van der Waals surface area contributed by atoms with Crippen molar-refractivity contribution in [3.63, 3.8) is 0 Å². The fourth-order valence-electron chi connectivity index (χ4n) is 8.41. The molecule has 77 heavy (non-hydrogen) atoms. The van der Waals surface area contributed by atoms with Crippen molar-refractivity contribution in [3.8, 4) is 0 Å². The van der Waals surface area contributed by atoms with Crippen molar-refractivity contribution >= 4 is 17.9 Å².